The molecule has 0 aliphatic heterocycles. The second-order valence-electron chi connectivity index (χ2n) is 12.4. The lowest BCUT2D eigenvalue weighted by molar-refractivity contribution is -0.142. The predicted molar refractivity (Wildman–Crippen MR) is 183 cm³/mol. The highest BCUT2D eigenvalue weighted by Crippen LogP contribution is 2.19. The molecule has 0 aliphatic carbocycles. The Morgan fingerprint density at radius 1 is 0.729 bits per heavy atom. The number of rotatable bonds is 18. The Kier molecular flexibility index (Phi) is 15.7. The van der Waals surface area contributed by atoms with Gasteiger partial charge in [0, 0.05) is 23.5 Å². The molecule has 2 rings (SSSR count). The number of amides is 5. The van der Waals surface area contributed by atoms with Crippen molar-refractivity contribution in [2.45, 2.75) is 77.9 Å². The van der Waals surface area contributed by atoms with Gasteiger partial charge in [-0.2, -0.15) is 11.8 Å². The SMILES string of the molecule is CCCC(NC(=O)Cc1ccc(NC(=O)Nc2ccc(O)cc2)cc1)C(=O)NC(CSCCC(NC(=O)CC(C)(C)C)C(=O)O)C(=O)O. The molecule has 0 aliphatic rings. The standard InChI is InChI=1S/C33H45N5O9S/c1-5-6-24(29(42)38-26(31(45)46)19-48-16-15-25(30(43)44)37-28(41)18-33(2,3)4)36-27(40)17-20-7-9-21(10-8-20)34-32(47)35-22-11-13-23(39)14-12-22/h7-14,24-26,39H,5-6,15-19H2,1-4H3,(H,36,40)(H,37,41)(H,38,42)(H,43,44)(H,45,46)(H2,34,35,47). The van der Waals surface area contributed by atoms with E-state index in [1.807, 2.05) is 27.7 Å². The molecule has 2 aromatic rings. The zero-order valence-electron chi connectivity index (χ0n) is 27.5. The van der Waals surface area contributed by atoms with Crippen LogP contribution in [-0.2, 0) is 30.4 Å². The van der Waals surface area contributed by atoms with Crippen molar-refractivity contribution in [3.8, 4) is 5.75 Å². The molecule has 0 fully saturated rings. The summed E-state index contributed by atoms with van der Waals surface area (Å²) in [5.41, 5.74) is 1.26. The molecule has 0 saturated heterocycles. The van der Waals surface area contributed by atoms with Crippen molar-refractivity contribution in [1.29, 1.82) is 0 Å². The maximum atomic E-state index is 13.0. The fourth-order valence-corrected chi connectivity index (χ4v) is 5.40. The maximum absolute atomic E-state index is 13.0. The smallest absolute Gasteiger partial charge is 0.327 e. The number of carboxylic acids is 2. The normalized spacial score (nSPS) is 12.9. The lowest BCUT2D eigenvalue weighted by Gasteiger charge is -2.22. The van der Waals surface area contributed by atoms with E-state index >= 15 is 0 Å². The van der Waals surface area contributed by atoms with Gasteiger partial charge >= 0.3 is 18.0 Å². The summed E-state index contributed by atoms with van der Waals surface area (Å²) >= 11 is 1.13. The van der Waals surface area contributed by atoms with Gasteiger partial charge in [0.2, 0.25) is 17.7 Å². The highest BCUT2D eigenvalue weighted by Gasteiger charge is 2.27. The molecule has 3 unspecified atom stereocenters. The minimum absolute atomic E-state index is 0.0521. The van der Waals surface area contributed by atoms with Crippen LogP contribution in [-0.4, -0.2) is 80.6 Å². The molecule has 262 valence electrons. The number of hydrogen-bond donors (Lipinski definition) is 8. The molecule has 0 spiro atoms. The van der Waals surface area contributed by atoms with Crippen molar-refractivity contribution >= 4 is 58.8 Å². The van der Waals surface area contributed by atoms with Gasteiger partial charge in [0.1, 0.15) is 23.9 Å². The van der Waals surface area contributed by atoms with Crippen LogP contribution in [0.15, 0.2) is 48.5 Å². The number of carbonyl (C=O) groups excluding carboxylic acids is 4. The van der Waals surface area contributed by atoms with Crippen LogP contribution in [0.5, 0.6) is 5.75 Å². The van der Waals surface area contributed by atoms with Crippen molar-refractivity contribution in [3.63, 3.8) is 0 Å². The highest BCUT2D eigenvalue weighted by molar-refractivity contribution is 7.99. The molecule has 14 nitrogen and oxygen atoms in total. The first-order valence-corrected chi connectivity index (χ1v) is 16.6. The van der Waals surface area contributed by atoms with Crippen LogP contribution >= 0.6 is 11.8 Å². The summed E-state index contributed by atoms with van der Waals surface area (Å²) in [5.74, 6) is -3.73. The van der Waals surface area contributed by atoms with Crippen molar-refractivity contribution in [3.05, 3.63) is 54.1 Å². The van der Waals surface area contributed by atoms with Crippen molar-refractivity contribution in [2.75, 3.05) is 22.1 Å². The number of hydrogen-bond acceptors (Lipinski definition) is 8. The molecular formula is C33H45N5O9S. The Hall–Kier alpha value is -4.79. The van der Waals surface area contributed by atoms with Crippen molar-refractivity contribution in [1.82, 2.24) is 16.0 Å². The predicted octanol–water partition coefficient (Wildman–Crippen LogP) is 3.56. The topological polar surface area (TPSA) is 223 Å². The first-order valence-electron chi connectivity index (χ1n) is 15.4. The lowest BCUT2D eigenvalue weighted by Crippen LogP contribution is -2.52. The van der Waals surface area contributed by atoms with Gasteiger partial charge in [-0.25, -0.2) is 14.4 Å². The number of phenols is 1. The molecule has 48 heavy (non-hydrogen) atoms. The first-order chi connectivity index (χ1) is 22.6. The lowest BCUT2D eigenvalue weighted by atomic mass is 9.92. The molecule has 3 atom stereocenters. The molecule has 8 N–H and O–H groups in total. The van der Waals surface area contributed by atoms with Gasteiger partial charge in [-0.3, -0.25) is 14.4 Å². The maximum Gasteiger partial charge on any atom is 0.327 e. The number of aliphatic carboxylic acids is 2. The number of carboxylic acid groups (broad SMARTS) is 2. The Morgan fingerprint density at radius 3 is 1.79 bits per heavy atom. The van der Waals surface area contributed by atoms with Crippen molar-refractivity contribution in [2.24, 2.45) is 5.41 Å². The van der Waals surface area contributed by atoms with Crippen LogP contribution in [0.2, 0.25) is 0 Å². The van der Waals surface area contributed by atoms with Gasteiger partial charge in [0.25, 0.3) is 0 Å². The monoisotopic (exact) mass is 687 g/mol. The number of nitrogens with one attached hydrogen (secondary N) is 5. The zero-order chi connectivity index (χ0) is 35.9. The van der Waals surface area contributed by atoms with Crippen LogP contribution in [0.1, 0.15) is 58.9 Å². The van der Waals surface area contributed by atoms with Gasteiger partial charge in [0.15, 0.2) is 0 Å². The van der Waals surface area contributed by atoms with E-state index in [0.29, 0.717) is 23.4 Å². The molecule has 0 bridgehead atoms. The van der Waals surface area contributed by atoms with E-state index in [4.69, 9.17) is 0 Å². The van der Waals surface area contributed by atoms with Crippen LogP contribution in [0.25, 0.3) is 0 Å². The van der Waals surface area contributed by atoms with Crippen LogP contribution in [0, 0.1) is 5.41 Å². The zero-order valence-corrected chi connectivity index (χ0v) is 28.3. The second kappa shape index (κ2) is 19.1. The summed E-state index contributed by atoms with van der Waals surface area (Å²) in [6.45, 7) is 7.40. The summed E-state index contributed by atoms with van der Waals surface area (Å²) in [5, 5.41) is 41.4. The number of thioether (sulfide) groups is 1. The van der Waals surface area contributed by atoms with Gasteiger partial charge in [-0.15, -0.1) is 0 Å². The number of benzene rings is 2. The number of anilines is 2. The van der Waals surface area contributed by atoms with E-state index in [1.54, 1.807) is 36.4 Å². The molecule has 0 heterocycles. The summed E-state index contributed by atoms with van der Waals surface area (Å²) in [6, 6.07) is 8.59. The van der Waals surface area contributed by atoms with E-state index in [-0.39, 0.29) is 54.3 Å². The van der Waals surface area contributed by atoms with Gasteiger partial charge in [-0.05, 0) is 66.0 Å². The number of aromatic hydroxyl groups is 1. The molecule has 2 aromatic carbocycles. The number of urea groups is 1. The summed E-state index contributed by atoms with van der Waals surface area (Å²) in [7, 11) is 0. The summed E-state index contributed by atoms with van der Waals surface area (Å²) in [4.78, 5) is 73.7. The fraction of sp³-hybridized carbons (Fsp3) is 0.455. The number of phenolic OH excluding ortho intramolecular Hbond substituents is 1. The minimum atomic E-state index is -1.29. The molecule has 0 aromatic heterocycles. The molecular weight excluding hydrogens is 642 g/mol. The van der Waals surface area contributed by atoms with E-state index in [1.165, 1.54) is 12.1 Å². The van der Waals surface area contributed by atoms with Crippen LogP contribution in [0.3, 0.4) is 0 Å². The molecule has 5 amide bonds. The Morgan fingerprint density at radius 2 is 1.27 bits per heavy atom. The second-order valence-corrected chi connectivity index (χ2v) is 13.5. The highest BCUT2D eigenvalue weighted by atomic mass is 32.2. The van der Waals surface area contributed by atoms with Crippen molar-refractivity contribution < 1.29 is 44.1 Å². The van der Waals surface area contributed by atoms with Crippen LogP contribution < -0.4 is 26.6 Å². The first kappa shape index (κ1) is 39.4. The van der Waals surface area contributed by atoms with Crippen LogP contribution in [0.4, 0.5) is 16.2 Å². The average Bonchev–Trinajstić information content (AvgIpc) is 2.98. The Bertz CT molecular complexity index is 1410. The Balaban J connectivity index is 1.87. The average molecular weight is 688 g/mol. The van der Waals surface area contributed by atoms with E-state index in [0.717, 1.165) is 11.8 Å². The van der Waals surface area contributed by atoms with Gasteiger partial charge in [-0.1, -0.05) is 46.2 Å². The molecule has 15 heteroatoms. The number of carbonyl (C=O) groups is 6. The third-order valence-corrected chi connectivity index (χ3v) is 7.80. The third kappa shape index (κ3) is 15.2. The fourth-order valence-electron chi connectivity index (χ4n) is 4.37. The van der Waals surface area contributed by atoms with E-state index in [9.17, 15) is 44.1 Å². The minimum Gasteiger partial charge on any atom is -0.508 e. The molecule has 0 radical (unpaired) electrons. The van der Waals surface area contributed by atoms with E-state index in [2.05, 4.69) is 26.6 Å². The van der Waals surface area contributed by atoms with Gasteiger partial charge in [0.05, 0.1) is 6.42 Å². The Labute approximate surface area is 283 Å². The molecule has 0 saturated carbocycles. The summed E-state index contributed by atoms with van der Waals surface area (Å²) < 4.78 is 0. The quantitative estimate of drug-likeness (QED) is 0.0840. The third-order valence-electron chi connectivity index (χ3n) is 6.70. The van der Waals surface area contributed by atoms with E-state index < -0.39 is 47.9 Å². The summed E-state index contributed by atoms with van der Waals surface area (Å²) in [6.07, 6.45) is 0.956. The van der Waals surface area contributed by atoms with Gasteiger partial charge < -0.3 is 41.9 Å². The largest absolute Gasteiger partial charge is 0.508 e.